The number of carbonyl (C=O) groups is 1. The molecule has 1 saturated carbocycles. The molecular weight excluding hydrogens is 292 g/mol. The van der Waals surface area contributed by atoms with E-state index in [9.17, 15) is 4.79 Å². The highest BCUT2D eigenvalue weighted by Crippen LogP contribution is 2.52. The van der Waals surface area contributed by atoms with Crippen LogP contribution in [0.15, 0.2) is 24.3 Å². The third-order valence-electron chi connectivity index (χ3n) is 5.92. The SMILES string of the molecule is CC(C)(C1COc2ccccc21)N(N)C(=O)C1[C@H]2CN(N)C[C@@H]12. The van der Waals surface area contributed by atoms with Gasteiger partial charge in [-0.1, -0.05) is 18.2 Å². The minimum absolute atomic E-state index is 0.0386. The van der Waals surface area contributed by atoms with E-state index in [4.69, 9.17) is 16.4 Å². The number of amides is 1. The molecule has 1 aliphatic carbocycles. The van der Waals surface area contributed by atoms with E-state index in [0.717, 1.165) is 24.4 Å². The van der Waals surface area contributed by atoms with Gasteiger partial charge in [0.2, 0.25) is 5.91 Å². The maximum atomic E-state index is 12.8. The molecule has 0 spiro atoms. The highest BCUT2D eigenvalue weighted by molar-refractivity contribution is 5.83. The first-order valence-electron chi connectivity index (χ1n) is 8.21. The maximum Gasteiger partial charge on any atom is 0.240 e. The number of benzene rings is 1. The lowest BCUT2D eigenvalue weighted by Gasteiger charge is -2.39. The summed E-state index contributed by atoms with van der Waals surface area (Å²) in [5.41, 5.74) is 0.632. The molecule has 1 aromatic rings. The third-order valence-corrected chi connectivity index (χ3v) is 5.92. The van der Waals surface area contributed by atoms with Crippen LogP contribution in [0, 0.1) is 17.8 Å². The van der Waals surface area contributed by atoms with E-state index in [-0.39, 0.29) is 17.7 Å². The van der Waals surface area contributed by atoms with Gasteiger partial charge in [0.25, 0.3) is 0 Å². The molecule has 3 aliphatic rings. The fourth-order valence-corrected chi connectivity index (χ4v) is 4.29. The van der Waals surface area contributed by atoms with Gasteiger partial charge >= 0.3 is 0 Å². The van der Waals surface area contributed by atoms with Crippen molar-refractivity contribution >= 4 is 5.91 Å². The first kappa shape index (κ1) is 14.9. The Bertz CT molecular complexity index is 635. The second kappa shape index (κ2) is 4.93. The molecule has 23 heavy (non-hydrogen) atoms. The summed E-state index contributed by atoms with van der Waals surface area (Å²) in [6, 6.07) is 7.99. The first-order valence-corrected chi connectivity index (χ1v) is 8.21. The molecule has 4 atom stereocenters. The lowest BCUT2D eigenvalue weighted by molar-refractivity contribution is -0.140. The fourth-order valence-electron chi connectivity index (χ4n) is 4.29. The zero-order valence-corrected chi connectivity index (χ0v) is 13.6. The smallest absolute Gasteiger partial charge is 0.240 e. The molecule has 1 amide bonds. The van der Waals surface area contributed by atoms with Crippen LogP contribution in [0.4, 0.5) is 0 Å². The summed E-state index contributed by atoms with van der Waals surface area (Å²) in [6.07, 6.45) is 0. The van der Waals surface area contributed by atoms with Crippen molar-refractivity contribution in [1.82, 2.24) is 10.0 Å². The molecular formula is C17H24N4O2. The Morgan fingerprint density at radius 1 is 1.30 bits per heavy atom. The van der Waals surface area contributed by atoms with Crippen LogP contribution in [-0.4, -0.2) is 41.2 Å². The van der Waals surface area contributed by atoms with Crippen molar-refractivity contribution in [3.63, 3.8) is 0 Å². The van der Waals surface area contributed by atoms with Gasteiger partial charge in [0.1, 0.15) is 5.75 Å². The Labute approximate surface area is 136 Å². The number of hydrogen-bond donors (Lipinski definition) is 2. The summed E-state index contributed by atoms with van der Waals surface area (Å²) < 4.78 is 5.78. The van der Waals surface area contributed by atoms with Crippen molar-refractivity contribution in [2.75, 3.05) is 19.7 Å². The predicted octanol–water partition coefficient (Wildman–Crippen LogP) is 0.695. The Morgan fingerprint density at radius 2 is 1.96 bits per heavy atom. The number of ether oxygens (including phenoxy) is 1. The standard InChI is InChI=1S/C17H24N4O2/c1-17(2,13-9-23-14-6-4-3-5-10(13)14)21(19)16(22)15-11-7-20(18)8-12(11)15/h3-6,11-13,15H,7-9,18-19H2,1-2H3/t11-,12+,13?,15?. The second-order valence-corrected chi connectivity index (χ2v) is 7.57. The Morgan fingerprint density at radius 3 is 2.65 bits per heavy atom. The number of nitrogens with two attached hydrogens (primary N) is 2. The average Bonchev–Trinajstić information content (AvgIpc) is 2.90. The number of piperidine rings is 1. The van der Waals surface area contributed by atoms with E-state index < -0.39 is 5.54 Å². The number of carbonyl (C=O) groups excluding carboxylic acids is 1. The second-order valence-electron chi connectivity index (χ2n) is 7.57. The highest BCUT2D eigenvalue weighted by Gasteiger charge is 2.61. The molecule has 2 heterocycles. The van der Waals surface area contributed by atoms with Gasteiger partial charge in [0.05, 0.1) is 12.1 Å². The number of fused-ring (bicyclic) bond motifs is 2. The van der Waals surface area contributed by atoms with E-state index in [1.165, 1.54) is 5.01 Å². The quantitative estimate of drug-likeness (QED) is 0.487. The van der Waals surface area contributed by atoms with Gasteiger partial charge < -0.3 is 4.74 Å². The van der Waals surface area contributed by atoms with Crippen LogP contribution < -0.4 is 16.4 Å². The minimum Gasteiger partial charge on any atom is -0.493 e. The van der Waals surface area contributed by atoms with Gasteiger partial charge in [-0.2, -0.15) is 0 Å². The van der Waals surface area contributed by atoms with Gasteiger partial charge in [-0.05, 0) is 31.7 Å². The van der Waals surface area contributed by atoms with Gasteiger partial charge in [-0.25, -0.2) is 10.9 Å². The molecule has 6 nitrogen and oxygen atoms in total. The molecule has 0 aromatic heterocycles. The third kappa shape index (κ3) is 2.16. The zero-order valence-electron chi connectivity index (χ0n) is 13.6. The van der Waals surface area contributed by atoms with Crippen molar-refractivity contribution in [1.29, 1.82) is 0 Å². The zero-order chi connectivity index (χ0) is 16.4. The molecule has 2 fully saturated rings. The molecule has 1 aromatic carbocycles. The summed E-state index contributed by atoms with van der Waals surface area (Å²) >= 11 is 0. The van der Waals surface area contributed by atoms with Crippen molar-refractivity contribution in [3.8, 4) is 5.75 Å². The summed E-state index contributed by atoms with van der Waals surface area (Å²) in [5, 5.41) is 3.25. The van der Waals surface area contributed by atoms with Crippen LogP contribution in [0.1, 0.15) is 25.3 Å². The van der Waals surface area contributed by atoms with Crippen LogP contribution in [-0.2, 0) is 4.79 Å². The fraction of sp³-hybridized carbons (Fsp3) is 0.588. The van der Waals surface area contributed by atoms with Crippen molar-refractivity contribution < 1.29 is 9.53 Å². The lowest BCUT2D eigenvalue weighted by Crippen LogP contribution is -2.57. The van der Waals surface area contributed by atoms with Gasteiger partial charge in [-0.15, -0.1) is 0 Å². The Kier molecular flexibility index (Phi) is 3.20. The van der Waals surface area contributed by atoms with Gasteiger partial charge in [-0.3, -0.25) is 15.6 Å². The number of rotatable bonds is 3. The number of nitrogens with zero attached hydrogens (tertiary/aromatic N) is 2. The number of hydrazine groups is 2. The van der Waals surface area contributed by atoms with Gasteiger partial charge in [0, 0.05) is 30.5 Å². The van der Waals surface area contributed by atoms with Crippen molar-refractivity contribution in [2.45, 2.75) is 25.3 Å². The van der Waals surface area contributed by atoms with E-state index in [2.05, 4.69) is 6.07 Å². The summed E-state index contributed by atoms with van der Waals surface area (Å²) in [4.78, 5) is 12.8. The van der Waals surface area contributed by atoms with Gasteiger partial charge in [0.15, 0.2) is 0 Å². The largest absolute Gasteiger partial charge is 0.493 e. The monoisotopic (exact) mass is 316 g/mol. The van der Waals surface area contributed by atoms with Crippen LogP contribution >= 0.6 is 0 Å². The highest BCUT2D eigenvalue weighted by atomic mass is 16.5. The summed E-state index contributed by atoms with van der Waals surface area (Å²) in [6.45, 7) is 6.19. The lowest BCUT2D eigenvalue weighted by atomic mass is 9.82. The van der Waals surface area contributed by atoms with Crippen LogP contribution in [0.2, 0.25) is 0 Å². The number of hydrogen-bond acceptors (Lipinski definition) is 5. The van der Waals surface area contributed by atoms with E-state index in [1.54, 1.807) is 5.01 Å². The Balaban J connectivity index is 1.52. The van der Waals surface area contributed by atoms with Crippen LogP contribution in [0.5, 0.6) is 5.75 Å². The maximum absolute atomic E-state index is 12.8. The minimum atomic E-state index is -0.497. The van der Waals surface area contributed by atoms with Crippen LogP contribution in [0.25, 0.3) is 0 Å². The average molecular weight is 316 g/mol. The molecule has 4 rings (SSSR count). The molecule has 6 heteroatoms. The molecule has 0 bridgehead atoms. The van der Waals surface area contributed by atoms with E-state index in [0.29, 0.717) is 18.4 Å². The van der Waals surface area contributed by atoms with E-state index in [1.807, 2.05) is 32.0 Å². The normalized spacial score (nSPS) is 32.2. The van der Waals surface area contributed by atoms with Crippen molar-refractivity contribution in [3.05, 3.63) is 29.8 Å². The number of para-hydroxylation sites is 1. The predicted molar refractivity (Wildman–Crippen MR) is 86.0 cm³/mol. The molecule has 0 radical (unpaired) electrons. The van der Waals surface area contributed by atoms with Crippen LogP contribution in [0.3, 0.4) is 0 Å². The topological polar surface area (TPSA) is 84.8 Å². The molecule has 2 unspecified atom stereocenters. The molecule has 1 saturated heterocycles. The summed E-state index contributed by atoms with van der Waals surface area (Å²) in [7, 11) is 0. The summed E-state index contributed by atoms with van der Waals surface area (Å²) in [5.74, 6) is 13.9. The molecule has 124 valence electrons. The van der Waals surface area contributed by atoms with E-state index >= 15 is 0 Å². The molecule has 4 N–H and O–H groups in total. The first-order chi connectivity index (χ1) is 10.9. The van der Waals surface area contributed by atoms with Crippen molar-refractivity contribution in [2.24, 2.45) is 29.4 Å². The Hall–Kier alpha value is -1.63. The molecule has 2 aliphatic heterocycles.